The van der Waals surface area contributed by atoms with Crippen LogP contribution in [-0.2, 0) is 14.3 Å². The number of primary amides is 1. The minimum absolute atomic E-state index is 0. The highest BCUT2D eigenvalue weighted by Crippen LogP contribution is 2.33. The normalized spacial score (nSPS) is 23.6. The monoisotopic (exact) mass is 319 g/mol. The predicted molar refractivity (Wildman–Crippen MR) is 69.4 cm³/mol. The molecular weight excluding hydrogens is 299 g/mol. The van der Waals surface area contributed by atoms with Crippen LogP contribution in [0.15, 0.2) is 0 Å². The maximum Gasteiger partial charge on any atom is 0.522 e. The summed E-state index contributed by atoms with van der Waals surface area (Å²) in [6, 6.07) is 0. The predicted octanol–water partition coefficient (Wildman–Crippen LogP) is 2.93. The van der Waals surface area contributed by atoms with Crippen molar-refractivity contribution in [2.75, 3.05) is 0 Å². The van der Waals surface area contributed by atoms with Gasteiger partial charge in [0.05, 0.1) is 12.2 Å². The first-order chi connectivity index (χ1) is 8.81. The summed E-state index contributed by atoms with van der Waals surface area (Å²) in [6.07, 6.45) is -2.93. The third kappa shape index (κ3) is 7.31. The van der Waals surface area contributed by atoms with Crippen LogP contribution in [0.3, 0.4) is 0 Å². The molecule has 0 aromatic carbocycles. The van der Waals surface area contributed by atoms with E-state index in [2.05, 4.69) is 4.74 Å². The van der Waals surface area contributed by atoms with E-state index in [0.717, 1.165) is 19.3 Å². The van der Waals surface area contributed by atoms with Crippen LogP contribution in [0.2, 0.25) is 0 Å². The Bertz CT molecular complexity index is 296. The van der Waals surface area contributed by atoms with Crippen molar-refractivity contribution in [2.24, 2.45) is 5.73 Å². The first-order valence-electron chi connectivity index (χ1n) is 6.51. The Morgan fingerprint density at radius 1 is 1.30 bits per heavy atom. The number of amides is 1. The number of halogens is 4. The summed E-state index contributed by atoms with van der Waals surface area (Å²) in [7, 11) is 0. The summed E-state index contributed by atoms with van der Waals surface area (Å²) in [5.74, 6) is -0.559. The van der Waals surface area contributed by atoms with E-state index in [-0.39, 0.29) is 31.4 Å². The zero-order valence-corrected chi connectivity index (χ0v) is 12.1. The van der Waals surface area contributed by atoms with Crippen molar-refractivity contribution < 1.29 is 27.4 Å². The van der Waals surface area contributed by atoms with E-state index in [1.807, 2.05) is 6.92 Å². The number of rotatable bonds is 8. The molecular formula is C12H21ClF3NO3. The first-order valence-corrected chi connectivity index (χ1v) is 6.51. The van der Waals surface area contributed by atoms with Gasteiger partial charge in [0.15, 0.2) is 0 Å². The van der Waals surface area contributed by atoms with Gasteiger partial charge < -0.3 is 10.5 Å². The van der Waals surface area contributed by atoms with Gasteiger partial charge in [0, 0.05) is 12.8 Å². The van der Waals surface area contributed by atoms with Crippen LogP contribution in [0, 0.1) is 0 Å². The average Bonchev–Trinajstić information content (AvgIpc) is 2.22. The molecule has 1 saturated carbocycles. The topological polar surface area (TPSA) is 61.6 Å². The summed E-state index contributed by atoms with van der Waals surface area (Å²) >= 11 is 0. The van der Waals surface area contributed by atoms with Gasteiger partial charge in [0.25, 0.3) is 0 Å². The van der Waals surface area contributed by atoms with Crippen molar-refractivity contribution in [1.82, 2.24) is 0 Å². The van der Waals surface area contributed by atoms with Crippen molar-refractivity contribution in [1.29, 1.82) is 0 Å². The standard InChI is InChI=1S/C12H20F3NO3.ClH/c1-2-3-4-5-10(11(16)17)18-8-6-9(7-8)19-12(13,14)15;/h8-10H,2-7H2,1H3,(H2,16,17);1H/t8-,9+,10?;. The molecule has 1 amide bonds. The van der Waals surface area contributed by atoms with Crippen LogP contribution in [0.5, 0.6) is 0 Å². The molecule has 0 aliphatic heterocycles. The second-order valence-corrected chi connectivity index (χ2v) is 4.80. The van der Waals surface area contributed by atoms with Crippen LogP contribution in [0.1, 0.15) is 45.4 Å². The van der Waals surface area contributed by atoms with Crippen molar-refractivity contribution in [3.05, 3.63) is 0 Å². The zero-order valence-electron chi connectivity index (χ0n) is 11.3. The second-order valence-electron chi connectivity index (χ2n) is 4.80. The smallest absolute Gasteiger partial charge is 0.367 e. The Kier molecular flexibility index (Phi) is 8.46. The summed E-state index contributed by atoms with van der Waals surface area (Å²) in [5.41, 5.74) is 5.21. The Hall–Kier alpha value is -0.530. The van der Waals surface area contributed by atoms with Crippen LogP contribution in [0.4, 0.5) is 13.2 Å². The molecule has 0 saturated heterocycles. The van der Waals surface area contributed by atoms with E-state index in [0.29, 0.717) is 6.42 Å². The molecule has 1 fully saturated rings. The summed E-state index contributed by atoms with van der Waals surface area (Å²) in [4.78, 5) is 11.2. The van der Waals surface area contributed by atoms with Gasteiger partial charge in [-0.1, -0.05) is 26.2 Å². The lowest BCUT2D eigenvalue weighted by Crippen LogP contribution is -2.45. The van der Waals surface area contributed by atoms with Gasteiger partial charge >= 0.3 is 6.36 Å². The Labute approximate surface area is 122 Å². The number of carbonyl (C=O) groups excluding carboxylic acids is 1. The van der Waals surface area contributed by atoms with Gasteiger partial charge in [-0.3, -0.25) is 9.53 Å². The molecule has 0 bridgehead atoms. The molecule has 1 aliphatic carbocycles. The van der Waals surface area contributed by atoms with Crippen LogP contribution < -0.4 is 5.73 Å². The lowest BCUT2D eigenvalue weighted by Gasteiger charge is -2.36. The van der Waals surface area contributed by atoms with Crippen molar-refractivity contribution in [2.45, 2.75) is 70.1 Å². The number of carbonyl (C=O) groups is 1. The van der Waals surface area contributed by atoms with Gasteiger partial charge in [0.2, 0.25) is 5.91 Å². The maximum absolute atomic E-state index is 11.9. The van der Waals surface area contributed by atoms with Crippen LogP contribution in [0.25, 0.3) is 0 Å². The third-order valence-corrected chi connectivity index (χ3v) is 3.10. The molecule has 120 valence electrons. The molecule has 8 heteroatoms. The molecule has 1 atom stereocenters. The van der Waals surface area contributed by atoms with Crippen molar-refractivity contribution >= 4 is 18.3 Å². The fourth-order valence-corrected chi connectivity index (χ4v) is 2.00. The van der Waals surface area contributed by atoms with Crippen LogP contribution in [-0.4, -0.2) is 30.6 Å². The fourth-order valence-electron chi connectivity index (χ4n) is 2.00. The summed E-state index contributed by atoms with van der Waals surface area (Å²) in [5, 5.41) is 0. The molecule has 0 aromatic heterocycles. The second kappa shape index (κ2) is 8.69. The van der Waals surface area contributed by atoms with E-state index < -0.39 is 24.5 Å². The van der Waals surface area contributed by atoms with Gasteiger partial charge in [-0.25, -0.2) is 0 Å². The minimum Gasteiger partial charge on any atom is -0.367 e. The van der Waals surface area contributed by atoms with E-state index in [9.17, 15) is 18.0 Å². The lowest BCUT2D eigenvalue weighted by atomic mass is 9.91. The molecule has 1 rings (SSSR count). The summed E-state index contributed by atoms with van der Waals surface area (Å²) < 4.78 is 45.0. The SMILES string of the molecule is CCCCCC(O[C@H]1C[C@@H](OC(F)(F)F)C1)C(N)=O.Cl. The molecule has 1 unspecified atom stereocenters. The van der Waals surface area contributed by atoms with Crippen molar-refractivity contribution in [3.63, 3.8) is 0 Å². The Morgan fingerprint density at radius 2 is 1.90 bits per heavy atom. The largest absolute Gasteiger partial charge is 0.522 e. The highest BCUT2D eigenvalue weighted by Gasteiger charge is 2.41. The van der Waals surface area contributed by atoms with Gasteiger partial charge in [0.1, 0.15) is 6.10 Å². The molecule has 0 heterocycles. The van der Waals surface area contributed by atoms with Crippen molar-refractivity contribution in [3.8, 4) is 0 Å². The number of alkyl halides is 3. The molecule has 0 radical (unpaired) electrons. The molecule has 20 heavy (non-hydrogen) atoms. The highest BCUT2D eigenvalue weighted by atomic mass is 35.5. The fraction of sp³-hybridized carbons (Fsp3) is 0.917. The van der Waals surface area contributed by atoms with E-state index in [1.54, 1.807) is 0 Å². The molecule has 0 aromatic rings. The average molecular weight is 320 g/mol. The highest BCUT2D eigenvalue weighted by molar-refractivity contribution is 5.85. The minimum atomic E-state index is -4.61. The number of ether oxygens (including phenoxy) is 2. The zero-order chi connectivity index (χ0) is 14.5. The van der Waals surface area contributed by atoms with E-state index >= 15 is 0 Å². The quantitative estimate of drug-likeness (QED) is 0.700. The van der Waals surface area contributed by atoms with Crippen LogP contribution >= 0.6 is 12.4 Å². The number of hydrogen-bond donors (Lipinski definition) is 1. The molecule has 4 nitrogen and oxygen atoms in total. The summed E-state index contributed by atoms with van der Waals surface area (Å²) in [6.45, 7) is 2.03. The number of nitrogens with two attached hydrogens (primary N) is 1. The number of hydrogen-bond acceptors (Lipinski definition) is 3. The molecule has 2 N–H and O–H groups in total. The molecule has 1 aliphatic rings. The maximum atomic E-state index is 11.9. The molecule has 0 spiro atoms. The first kappa shape index (κ1) is 19.5. The van der Waals surface area contributed by atoms with Gasteiger partial charge in [-0.05, 0) is 6.42 Å². The Morgan fingerprint density at radius 3 is 2.35 bits per heavy atom. The van der Waals surface area contributed by atoms with E-state index in [4.69, 9.17) is 10.5 Å². The van der Waals surface area contributed by atoms with Gasteiger partial charge in [-0.2, -0.15) is 0 Å². The third-order valence-electron chi connectivity index (χ3n) is 3.10. The lowest BCUT2D eigenvalue weighted by molar-refractivity contribution is -0.357. The van der Waals surface area contributed by atoms with Gasteiger partial charge in [-0.15, -0.1) is 25.6 Å². The number of unbranched alkanes of at least 4 members (excludes halogenated alkanes) is 2. The Balaban J connectivity index is 0.00000361. The van der Waals surface area contributed by atoms with E-state index in [1.165, 1.54) is 0 Å².